The second kappa shape index (κ2) is 5.04. The van der Waals surface area contributed by atoms with Gasteiger partial charge in [0.1, 0.15) is 5.82 Å². The molecule has 22 heavy (non-hydrogen) atoms. The second-order valence-corrected chi connectivity index (χ2v) is 6.60. The molecule has 0 bridgehead atoms. The lowest BCUT2D eigenvalue weighted by atomic mass is 10.2. The molecule has 0 aliphatic carbocycles. The van der Waals surface area contributed by atoms with E-state index < -0.39 is 0 Å². The monoisotopic (exact) mass is 329 g/mol. The molecule has 3 aromatic rings. The van der Waals surface area contributed by atoms with Gasteiger partial charge in [-0.25, -0.2) is 9.97 Å². The first-order valence-electron chi connectivity index (χ1n) is 6.94. The molecule has 6 heteroatoms. The summed E-state index contributed by atoms with van der Waals surface area (Å²) in [5.41, 5.74) is 4.59. The zero-order valence-corrected chi connectivity index (χ0v) is 13.4. The molecule has 2 aromatic heterocycles. The fourth-order valence-electron chi connectivity index (χ4n) is 2.73. The van der Waals surface area contributed by atoms with Crippen LogP contribution in [0.2, 0.25) is 5.02 Å². The van der Waals surface area contributed by atoms with E-state index in [9.17, 15) is 4.79 Å². The van der Waals surface area contributed by atoms with E-state index in [1.165, 1.54) is 0 Å². The second-order valence-electron chi connectivity index (χ2n) is 5.28. The normalized spacial score (nSPS) is 15.6. The van der Waals surface area contributed by atoms with E-state index in [0.717, 1.165) is 28.4 Å². The van der Waals surface area contributed by atoms with Crippen LogP contribution in [0.3, 0.4) is 0 Å². The first-order valence-corrected chi connectivity index (χ1v) is 8.20. The van der Waals surface area contributed by atoms with E-state index in [1.807, 2.05) is 12.4 Å². The van der Waals surface area contributed by atoms with Gasteiger partial charge in [0.15, 0.2) is 0 Å². The number of hydrogen-bond donors (Lipinski definition) is 0. The average Bonchev–Trinajstić information content (AvgIpc) is 3.08. The van der Waals surface area contributed by atoms with Crippen LogP contribution in [-0.4, -0.2) is 14.5 Å². The van der Waals surface area contributed by atoms with Crippen LogP contribution in [0.15, 0.2) is 28.5 Å². The molecule has 1 aliphatic heterocycles. The van der Waals surface area contributed by atoms with E-state index in [0.29, 0.717) is 22.5 Å². The summed E-state index contributed by atoms with van der Waals surface area (Å²) < 4.78 is 1.74. The minimum atomic E-state index is -0.0214. The van der Waals surface area contributed by atoms with Gasteiger partial charge in [0, 0.05) is 11.6 Å². The molecule has 0 saturated carbocycles. The highest BCUT2D eigenvalue weighted by Crippen LogP contribution is 2.29. The maximum absolute atomic E-state index is 12.6. The Morgan fingerprint density at radius 2 is 2.27 bits per heavy atom. The van der Waals surface area contributed by atoms with Crippen LogP contribution in [0.4, 0.5) is 0 Å². The van der Waals surface area contributed by atoms with Crippen LogP contribution >= 0.6 is 22.9 Å². The predicted octanol–water partition coefficient (Wildman–Crippen LogP) is 3.76. The van der Waals surface area contributed by atoms with Crippen molar-refractivity contribution in [1.29, 1.82) is 0 Å². The van der Waals surface area contributed by atoms with Crippen molar-refractivity contribution in [3.05, 3.63) is 55.5 Å². The lowest BCUT2D eigenvalue weighted by Gasteiger charge is -2.05. The Hall–Kier alpha value is -1.98. The molecule has 0 unspecified atom stereocenters. The number of halogens is 1. The molecule has 0 fully saturated rings. The topological polar surface area (TPSA) is 47.8 Å². The molecular weight excluding hydrogens is 318 g/mol. The van der Waals surface area contributed by atoms with Gasteiger partial charge in [-0.1, -0.05) is 11.6 Å². The van der Waals surface area contributed by atoms with Gasteiger partial charge in [0.2, 0.25) is 0 Å². The minimum Gasteiger partial charge on any atom is -0.292 e. The SMILES string of the molecule is Cc1ncsc1C=C1CCn2c1nc1ccc(Cl)cc1c2=O. The Labute approximate surface area is 135 Å². The largest absolute Gasteiger partial charge is 0.292 e. The fourth-order valence-corrected chi connectivity index (χ4v) is 3.66. The zero-order valence-electron chi connectivity index (χ0n) is 11.8. The number of thiazole rings is 1. The number of allylic oxidation sites excluding steroid dienone is 1. The van der Waals surface area contributed by atoms with Crippen LogP contribution in [0, 0.1) is 6.92 Å². The van der Waals surface area contributed by atoms with Crippen LogP contribution < -0.4 is 5.56 Å². The number of aromatic nitrogens is 3. The molecular formula is C16H12ClN3OS. The molecule has 4 nitrogen and oxygen atoms in total. The number of aryl methyl sites for hydroxylation is 1. The van der Waals surface area contributed by atoms with Gasteiger partial charge in [0.25, 0.3) is 5.56 Å². The molecule has 0 amide bonds. The summed E-state index contributed by atoms with van der Waals surface area (Å²) in [5.74, 6) is 0.757. The van der Waals surface area contributed by atoms with E-state index in [4.69, 9.17) is 11.6 Å². The van der Waals surface area contributed by atoms with Crippen molar-refractivity contribution in [3.8, 4) is 0 Å². The van der Waals surface area contributed by atoms with Gasteiger partial charge < -0.3 is 0 Å². The summed E-state index contributed by atoms with van der Waals surface area (Å²) in [6.07, 6.45) is 2.91. The van der Waals surface area contributed by atoms with Crippen molar-refractivity contribution in [2.75, 3.05) is 0 Å². The van der Waals surface area contributed by atoms with Crippen molar-refractivity contribution < 1.29 is 0 Å². The third-order valence-electron chi connectivity index (χ3n) is 3.90. The molecule has 0 spiro atoms. The Balaban J connectivity index is 1.94. The van der Waals surface area contributed by atoms with Crippen LogP contribution in [0.1, 0.15) is 22.8 Å². The van der Waals surface area contributed by atoms with Crippen LogP contribution in [0.5, 0.6) is 0 Å². The summed E-state index contributed by atoms with van der Waals surface area (Å²) in [6.45, 7) is 2.65. The van der Waals surface area contributed by atoms with E-state index in [2.05, 4.69) is 16.0 Å². The van der Waals surface area contributed by atoms with Gasteiger partial charge in [-0.3, -0.25) is 9.36 Å². The molecule has 0 saturated heterocycles. The molecule has 110 valence electrons. The minimum absolute atomic E-state index is 0.0214. The number of rotatable bonds is 1. The van der Waals surface area contributed by atoms with E-state index in [-0.39, 0.29) is 5.56 Å². The molecule has 1 aliphatic rings. The number of nitrogens with zero attached hydrogens (tertiary/aromatic N) is 3. The first kappa shape index (κ1) is 13.7. The summed E-state index contributed by atoms with van der Waals surface area (Å²) >= 11 is 7.59. The molecule has 0 radical (unpaired) electrons. The standard InChI is InChI=1S/C16H12ClN3OS/c1-9-14(22-8-18-9)6-10-4-5-20-15(10)19-13-3-2-11(17)7-12(13)16(20)21/h2-3,6-8H,4-5H2,1H3. The Morgan fingerprint density at radius 3 is 3.05 bits per heavy atom. The van der Waals surface area contributed by atoms with Crippen molar-refractivity contribution in [3.63, 3.8) is 0 Å². The third kappa shape index (κ3) is 2.09. The third-order valence-corrected chi connectivity index (χ3v) is 5.01. The number of benzene rings is 1. The van der Waals surface area contributed by atoms with Gasteiger partial charge in [-0.15, -0.1) is 11.3 Å². The van der Waals surface area contributed by atoms with Gasteiger partial charge in [-0.2, -0.15) is 0 Å². The molecule has 0 atom stereocenters. The van der Waals surface area contributed by atoms with Crippen molar-refractivity contribution >= 4 is 45.5 Å². The quantitative estimate of drug-likeness (QED) is 0.683. The summed E-state index contributed by atoms with van der Waals surface area (Å²) in [6, 6.07) is 5.25. The molecule has 0 N–H and O–H groups in total. The molecule has 1 aromatic carbocycles. The number of fused-ring (bicyclic) bond motifs is 2. The summed E-state index contributed by atoms with van der Waals surface area (Å²) in [5, 5.41) is 1.13. The van der Waals surface area contributed by atoms with E-state index >= 15 is 0 Å². The molecule has 4 rings (SSSR count). The van der Waals surface area contributed by atoms with Crippen molar-refractivity contribution in [2.24, 2.45) is 0 Å². The van der Waals surface area contributed by atoms with Crippen molar-refractivity contribution in [1.82, 2.24) is 14.5 Å². The first-order chi connectivity index (χ1) is 10.6. The summed E-state index contributed by atoms with van der Waals surface area (Å²) in [4.78, 5) is 22.7. The Kier molecular flexibility index (Phi) is 3.13. The highest BCUT2D eigenvalue weighted by atomic mass is 35.5. The summed E-state index contributed by atoms with van der Waals surface area (Å²) in [7, 11) is 0. The lowest BCUT2D eigenvalue weighted by molar-refractivity contribution is 0.725. The maximum Gasteiger partial charge on any atom is 0.261 e. The Morgan fingerprint density at radius 1 is 1.41 bits per heavy atom. The maximum atomic E-state index is 12.6. The van der Waals surface area contributed by atoms with Gasteiger partial charge in [-0.05, 0) is 43.2 Å². The fraction of sp³-hybridized carbons (Fsp3) is 0.188. The van der Waals surface area contributed by atoms with Gasteiger partial charge in [0.05, 0.1) is 27.0 Å². The van der Waals surface area contributed by atoms with Crippen LogP contribution in [-0.2, 0) is 6.54 Å². The molecule has 3 heterocycles. The van der Waals surface area contributed by atoms with Crippen molar-refractivity contribution in [2.45, 2.75) is 19.9 Å². The lowest BCUT2D eigenvalue weighted by Crippen LogP contribution is -2.20. The highest BCUT2D eigenvalue weighted by Gasteiger charge is 2.21. The van der Waals surface area contributed by atoms with E-state index in [1.54, 1.807) is 34.1 Å². The smallest absolute Gasteiger partial charge is 0.261 e. The van der Waals surface area contributed by atoms with Crippen LogP contribution in [0.25, 0.3) is 22.6 Å². The highest BCUT2D eigenvalue weighted by molar-refractivity contribution is 7.10. The predicted molar refractivity (Wildman–Crippen MR) is 90.4 cm³/mol. The average molecular weight is 330 g/mol. The Bertz CT molecular complexity index is 987. The number of hydrogen-bond acceptors (Lipinski definition) is 4. The van der Waals surface area contributed by atoms with Gasteiger partial charge >= 0.3 is 0 Å². The zero-order chi connectivity index (χ0) is 15.3.